The molecule has 0 N–H and O–H groups in total. The molecule has 1 aromatic carbocycles. The fourth-order valence-electron chi connectivity index (χ4n) is 1.79. The van der Waals surface area contributed by atoms with E-state index in [-0.39, 0.29) is 0 Å². The summed E-state index contributed by atoms with van der Waals surface area (Å²) in [6.07, 6.45) is 5.34. The summed E-state index contributed by atoms with van der Waals surface area (Å²) in [4.78, 5) is 4.39. The van der Waals surface area contributed by atoms with E-state index in [4.69, 9.17) is 10.00 Å². The fraction of sp³-hybridized carbons (Fsp3) is 0.176. The van der Waals surface area contributed by atoms with Gasteiger partial charge in [0.25, 0.3) is 0 Å². The van der Waals surface area contributed by atoms with E-state index in [1.165, 1.54) is 0 Å². The Kier molecular flexibility index (Phi) is 4.91. The van der Waals surface area contributed by atoms with Crippen LogP contribution in [0.1, 0.15) is 16.8 Å². The molecule has 0 fully saturated rings. The van der Waals surface area contributed by atoms with Gasteiger partial charge in [-0.1, -0.05) is 12.1 Å². The Bertz CT molecular complexity index is 594. The van der Waals surface area contributed by atoms with E-state index in [2.05, 4.69) is 23.7 Å². The Morgan fingerprint density at radius 1 is 1.20 bits per heavy atom. The molecule has 0 radical (unpaired) electrons. The summed E-state index contributed by atoms with van der Waals surface area (Å²) in [5.41, 5.74) is 2.81. The molecule has 100 valence electrons. The van der Waals surface area contributed by atoms with Crippen LogP contribution in [0.4, 0.5) is 0 Å². The number of nitriles is 1. The molecule has 0 saturated carbocycles. The lowest BCUT2D eigenvalue weighted by Crippen LogP contribution is -2.03. The van der Waals surface area contributed by atoms with Gasteiger partial charge < -0.3 is 4.74 Å². The number of aromatic nitrogens is 1. The van der Waals surface area contributed by atoms with Gasteiger partial charge in [-0.3, -0.25) is 4.98 Å². The Balaban J connectivity index is 1.82. The summed E-state index contributed by atoms with van der Waals surface area (Å²) in [6.45, 7) is 4.28. The molecule has 1 aromatic heterocycles. The smallest absolute Gasteiger partial charge is 0.119 e. The molecule has 0 atom stereocenters. The molecular formula is C17H16N2O. The predicted octanol–water partition coefficient (Wildman–Crippen LogP) is 3.30. The van der Waals surface area contributed by atoms with Crippen LogP contribution >= 0.6 is 0 Å². The van der Waals surface area contributed by atoms with Crippen molar-refractivity contribution in [1.29, 1.82) is 5.26 Å². The molecule has 0 bridgehead atoms. The second-order valence-electron chi connectivity index (χ2n) is 4.39. The maximum atomic E-state index is 8.71. The first-order valence-corrected chi connectivity index (χ1v) is 6.49. The molecule has 0 aliphatic heterocycles. The van der Waals surface area contributed by atoms with Crippen molar-refractivity contribution in [3.8, 4) is 11.8 Å². The number of pyridine rings is 1. The quantitative estimate of drug-likeness (QED) is 0.752. The van der Waals surface area contributed by atoms with Gasteiger partial charge in [-0.2, -0.15) is 5.26 Å². The molecule has 0 amide bonds. The zero-order valence-electron chi connectivity index (χ0n) is 11.2. The first-order chi connectivity index (χ1) is 9.81. The number of hydrogen-bond acceptors (Lipinski definition) is 3. The van der Waals surface area contributed by atoms with Crippen molar-refractivity contribution in [3.63, 3.8) is 0 Å². The van der Waals surface area contributed by atoms with Gasteiger partial charge in [-0.25, -0.2) is 0 Å². The first kappa shape index (κ1) is 13.8. The van der Waals surface area contributed by atoms with Gasteiger partial charge in [-0.05, 0) is 42.3 Å². The fourth-order valence-corrected chi connectivity index (χ4v) is 1.79. The van der Waals surface area contributed by atoms with E-state index in [1.54, 1.807) is 24.3 Å². The van der Waals surface area contributed by atoms with Gasteiger partial charge in [-0.15, -0.1) is 6.58 Å². The lowest BCUT2D eigenvalue weighted by Gasteiger charge is -2.06. The monoisotopic (exact) mass is 264 g/mol. The number of rotatable bonds is 6. The highest BCUT2D eigenvalue weighted by atomic mass is 16.5. The van der Waals surface area contributed by atoms with Crippen LogP contribution in [0.25, 0.3) is 0 Å². The summed E-state index contributed by atoms with van der Waals surface area (Å²) in [7, 11) is 0. The van der Waals surface area contributed by atoms with Crippen molar-refractivity contribution < 1.29 is 4.74 Å². The van der Waals surface area contributed by atoms with Gasteiger partial charge in [0.05, 0.1) is 18.2 Å². The van der Waals surface area contributed by atoms with Gasteiger partial charge in [0.15, 0.2) is 0 Å². The van der Waals surface area contributed by atoms with E-state index in [0.29, 0.717) is 12.2 Å². The molecule has 0 unspecified atom stereocenters. The van der Waals surface area contributed by atoms with Crippen LogP contribution in [0.15, 0.2) is 55.3 Å². The van der Waals surface area contributed by atoms with Crippen molar-refractivity contribution in [2.24, 2.45) is 0 Å². The van der Waals surface area contributed by atoms with Crippen molar-refractivity contribution in [2.45, 2.75) is 12.8 Å². The highest BCUT2D eigenvalue weighted by molar-refractivity contribution is 5.34. The topological polar surface area (TPSA) is 45.9 Å². The normalized spacial score (nSPS) is 9.75. The van der Waals surface area contributed by atoms with E-state index in [1.807, 2.05) is 18.3 Å². The van der Waals surface area contributed by atoms with Gasteiger partial charge >= 0.3 is 0 Å². The zero-order valence-corrected chi connectivity index (χ0v) is 11.2. The largest absolute Gasteiger partial charge is 0.493 e. The molecule has 2 rings (SSSR count). The van der Waals surface area contributed by atoms with E-state index in [0.717, 1.165) is 29.8 Å². The molecular weight excluding hydrogens is 248 g/mol. The summed E-state index contributed by atoms with van der Waals surface area (Å²) >= 11 is 0. The number of ether oxygens (including phenoxy) is 1. The highest BCUT2D eigenvalue weighted by Gasteiger charge is 1.98. The Labute approximate surface area is 119 Å². The predicted molar refractivity (Wildman–Crippen MR) is 78.5 cm³/mol. The molecule has 3 nitrogen and oxygen atoms in total. The Hall–Kier alpha value is -2.60. The summed E-state index contributed by atoms with van der Waals surface area (Å²) in [6, 6.07) is 13.3. The minimum absolute atomic E-state index is 0.569. The van der Waals surface area contributed by atoms with Gasteiger partial charge in [0.2, 0.25) is 0 Å². The van der Waals surface area contributed by atoms with Crippen molar-refractivity contribution in [1.82, 2.24) is 4.98 Å². The minimum Gasteiger partial charge on any atom is -0.493 e. The lowest BCUT2D eigenvalue weighted by molar-refractivity contribution is 0.320. The molecule has 0 aliphatic carbocycles. The average Bonchev–Trinajstić information content (AvgIpc) is 2.50. The third-order valence-corrected chi connectivity index (χ3v) is 2.88. The molecule has 20 heavy (non-hydrogen) atoms. The van der Waals surface area contributed by atoms with Crippen LogP contribution in [0, 0.1) is 11.3 Å². The summed E-state index contributed by atoms with van der Waals surface area (Å²) in [5, 5.41) is 8.71. The maximum Gasteiger partial charge on any atom is 0.119 e. The minimum atomic E-state index is 0.569. The van der Waals surface area contributed by atoms with E-state index >= 15 is 0 Å². The average molecular weight is 264 g/mol. The zero-order chi connectivity index (χ0) is 14.2. The number of hydrogen-bond donors (Lipinski definition) is 0. The third-order valence-electron chi connectivity index (χ3n) is 2.88. The molecule has 2 aromatic rings. The molecule has 1 heterocycles. The SMILES string of the molecule is C=CCc1ccc(CCOc2ccc(C#N)cc2)nc1. The standard InChI is InChI=1S/C17H16N2O/c1-2-3-15-4-7-16(19-13-15)10-11-20-17-8-5-14(12-18)6-9-17/h2,4-9,13H,1,3,10-11H2. The van der Waals surface area contributed by atoms with Gasteiger partial charge in [0.1, 0.15) is 5.75 Å². The second-order valence-corrected chi connectivity index (χ2v) is 4.39. The molecule has 0 saturated heterocycles. The molecule has 0 aliphatic rings. The lowest BCUT2D eigenvalue weighted by atomic mass is 10.2. The van der Waals surface area contributed by atoms with Crippen LogP contribution in [0.2, 0.25) is 0 Å². The second kappa shape index (κ2) is 7.10. The number of nitrogens with zero attached hydrogens (tertiary/aromatic N) is 2. The molecule has 0 spiro atoms. The van der Waals surface area contributed by atoms with Crippen molar-refractivity contribution >= 4 is 0 Å². The van der Waals surface area contributed by atoms with Crippen LogP contribution in [0.5, 0.6) is 5.75 Å². The first-order valence-electron chi connectivity index (χ1n) is 6.49. The Morgan fingerprint density at radius 2 is 2.00 bits per heavy atom. The maximum absolute atomic E-state index is 8.71. The van der Waals surface area contributed by atoms with Crippen molar-refractivity contribution in [3.05, 3.63) is 72.1 Å². The molecule has 3 heteroatoms. The summed E-state index contributed by atoms with van der Waals surface area (Å²) in [5.74, 6) is 0.771. The number of benzene rings is 1. The third kappa shape index (κ3) is 3.96. The van der Waals surface area contributed by atoms with Gasteiger partial charge in [0, 0.05) is 18.3 Å². The van der Waals surface area contributed by atoms with Crippen molar-refractivity contribution in [2.75, 3.05) is 6.61 Å². The van der Waals surface area contributed by atoms with E-state index in [9.17, 15) is 0 Å². The number of allylic oxidation sites excluding steroid dienone is 1. The van der Waals surface area contributed by atoms with Crippen LogP contribution in [0.3, 0.4) is 0 Å². The van der Waals surface area contributed by atoms with Crippen LogP contribution in [-0.2, 0) is 12.8 Å². The van der Waals surface area contributed by atoms with Crippen LogP contribution in [-0.4, -0.2) is 11.6 Å². The Morgan fingerprint density at radius 3 is 2.60 bits per heavy atom. The van der Waals surface area contributed by atoms with Crippen LogP contribution < -0.4 is 4.74 Å². The highest BCUT2D eigenvalue weighted by Crippen LogP contribution is 2.12. The van der Waals surface area contributed by atoms with E-state index < -0.39 is 0 Å². The summed E-state index contributed by atoms with van der Waals surface area (Å²) < 4.78 is 5.62.